The van der Waals surface area contributed by atoms with Gasteiger partial charge in [-0.3, -0.25) is 22.3 Å². The average Bonchev–Trinajstić information content (AvgIpc) is 2.73. The summed E-state index contributed by atoms with van der Waals surface area (Å²) in [5.74, 6) is 13.3. The molecule has 6 N–H and O–H groups in total. The van der Waals surface area contributed by atoms with E-state index in [4.69, 9.17) is 11.7 Å². The Morgan fingerprint density at radius 1 is 0.692 bits per heavy atom. The van der Waals surface area contributed by atoms with E-state index in [0.29, 0.717) is 12.1 Å². The first-order valence-corrected chi connectivity index (χ1v) is 10.3. The topological polar surface area (TPSA) is 82.6 Å². The zero-order valence-corrected chi connectivity index (χ0v) is 15.6. The van der Waals surface area contributed by atoms with Crippen LogP contribution in [0.5, 0.6) is 0 Å². The molecule has 0 saturated carbocycles. The first-order chi connectivity index (χ1) is 12.7. The van der Waals surface area contributed by atoms with Crippen LogP contribution >= 0.6 is 0 Å². The van der Waals surface area contributed by atoms with E-state index < -0.39 is 0 Å². The maximum atomic E-state index is 6.66. The second kappa shape index (κ2) is 8.33. The van der Waals surface area contributed by atoms with E-state index in [0.717, 1.165) is 38.5 Å². The summed E-state index contributed by atoms with van der Waals surface area (Å²) in [7, 11) is 0. The van der Waals surface area contributed by atoms with Crippen LogP contribution in [0.3, 0.4) is 0 Å². The number of rotatable bonds is 4. The highest BCUT2D eigenvalue weighted by Crippen LogP contribution is 2.25. The minimum Gasteiger partial charge on any atom is -0.294 e. The second-order valence-corrected chi connectivity index (χ2v) is 8.13. The van der Waals surface area contributed by atoms with Crippen LogP contribution in [-0.4, -0.2) is 46.5 Å². The fourth-order valence-electron chi connectivity index (χ4n) is 4.80. The van der Waals surface area contributed by atoms with Crippen molar-refractivity contribution in [3.63, 3.8) is 0 Å². The first-order valence-electron chi connectivity index (χ1n) is 10.3. The van der Waals surface area contributed by atoms with Gasteiger partial charge in [-0.1, -0.05) is 36.5 Å². The molecule has 0 aromatic carbocycles. The smallest absolute Gasteiger partial charge is 0.104 e. The number of piperazine rings is 1. The molecule has 3 aliphatic carbocycles. The number of hydrogen-bond acceptors (Lipinski definition) is 6. The fourth-order valence-corrected chi connectivity index (χ4v) is 4.80. The molecule has 0 amide bonds. The highest BCUT2D eigenvalue weighted by Gasteiger charge is 2.43. The maximum Gasteiger partial charge on any atom is 0.104 e. The van der Waals surface area contributed by atoms with Gasteiger partial charge in [0.15, 0.2) is 0 Å². The molecule has 1 aliphatic heterocycles. The molecular formula is C20H34N6. The quantitative estimate of drug-likeness (QED) is 0.346. The van der Waals surface area contributed by atoms with Crippen molar-refractivity contribution in [3.05, 3.63) is 36.5 Å². The maximum absolute atomic E-state index is 6.66. The number of nitrogens with one attached hydrogen (secondary N) is 2. The van der Waals surface area contributed by atoms with E-state index in [1.165, 1.54) is 12.8 Å². The molecule has 4 rings (SSSR count). The SMILES string of the molecule is NN(C1C=CCCC1)C1NC2CC=CCC2NC1N(N)C1C=CCCC1. The lowest BCUT2D eigenvalue weighted by Gasteiger charge is -2.52. The third-order valence-corrected chi connectivity index (χ3v) is 6.37. The van der Waals surface area contributed by atoms with Crippen molar-refractivity contribution in [1.82, 2.24) is 20.7 Å². The Morgan fingerprint density at radius 3 is 1.54 bits per heavy atom. The fraction of sp³-hybridized carbons (Fsp3) is 0.700. The third kappa shape index (κ3) is 3.81. The van der Waals surface area contributed by atoms with Gasteiger partial charge in [-0.25, -0.2) is 10.0 Å². The minimum atomic E-state index is -0.00386. The standard InChI is InChI=1S/C20H34N6/c21-25(15-9-3-1-4-10-15)19-20(26(22)16-11-5-2-6-12-16)24-18-14-8-7-13-17(18)23-19/h3,5,7-9,11,15-20,23-24H,1-2,4,6,10,12-14,21-22H2. The molecule has 0 aromatic rings. The van der Waals surface area contributed by atoms with Gasteiger partial charge in [0.2, 0.25) is 0 Å². The number of nitrogens with zero attached hydrogens (tertiary/aromatic N) is 2. The number of hydrazine groups is 2. The highest BCUT2D eigenvalue weighted by molar-refractivity contribution is 5.09. The lowest BCUT2D eigenvalue weighted by atomic mass is 9.91. The summed E-state index contributed by atoms with van der Waals surface area (Å²) >= 11 is 0. The molecule has 26 heavy (non-hydrogen) atoms. The molecule has 0 spiro atoms. The highest BCUT2D eigenvalue weighted by atomic mass is 15.6. The van der Waals surface area contributed by atoms with Crippen LogP contribution < -0.4 is 22.3 Å². The zero-order chi connectivity index (χ0) is 17.9. The normalized spacial score (nSPS) is 40.2. The van der Waals surface area contributed by atoms with E-state index in [9.17, 15) is 0 Å². The summed E-state index contributed by atoms with van der Waals surface area (Å²) in [5.41, 5.74) is 0. The van der Waals surface area contributed by atoms with Gasteiger partial charge in [-0.2, -0.15) is 0 Å². The number of nitrogens with two attached hydrogens (primary N) is 2. The summed E-state index contributed by atoms with van der Waals surface area (Å²) in [6, 6.07) is 1.37. The monoisotopic (exact) mass is 358 g/mol. The molecule has 0 bridgehead atoms. The van der Waals surface area contributed by atoms with Crippen molar-refractivity contribution >= 4 is 0 Å². The summed E-state index contributed by atoms with van der Waals surface area (Å²) in [6.45, 7) is 0. The first kappa shape index (κ1) is 18.3. The van der Waals surface area contributed by atoms with Gasteiger partial charge in [0, 0.05) is 24.2 Å². The van der Waals surface area contributed by atoms with Crippen LogP contribution in [0.15, 0.2) is 36.5 Å². The van der Waals surface area contributed by atoms with E-state index in [1.807, 2.05) is 10.0 Å². The van der Waals surface area contributed by atoms with Crippen LogP contribution in [0.25, 0.3) is 0 Å². The molecule has 144 valence electrons. The Kier molecular flexibility index (Phi) is 5.88. The van der Waals surface area contributed by atoms with Gasteiger partial charge in [-0.05, 0) is 51.4 Å². The Balaban J connectivity index is 1.55. The van der Waals surface area contributed by atoms with Gasteiger partial charge in [0.1, 0.15) is 12.3 Å². The van der Waals surface area contributed by atoms with Gasteiger partial charge < -0.3 is 0 Å². The van der Waals surface area contributed by atoms with Crippen molar-refractivity contribution in [2.45, 2.75) is 87.9 Å². The number of fused-ring (bicyclic) bond motifs is 1. The van der Waals surface area contributed by atoms with Crippen LogP contribution in [0.1, 0.15) is 51.4 Å². The molecular weight excluding hydrogens is 324 g/mol. The van der Waals surface area contributed by atoms with Crippen LogP contribution in [0.4, 0.5) is 0 Å². The van der Waals surface area contributed by atoms with E-state index in [-0.39, 0.29) is 24.4 Å². The Bertz CT molecular complexity index is 511. The second-order valence-electron chi connectivity index (χ2n) is 8.13. The van der Waals surface area contributed by atoms with E-state index >= 15 is 0 Å². The summed E-state index contributed by atoms with van der Waals surface area (Å²) < 4.78 is 0. The van der Waals surface area contributed by atoms with Gasteiger partial charge in [0.05, 0.1) is 0 Å². The Hall–Kier alpha value is -1.02. The van der Waals surface area contributed by atoms with Crippen molar-refractivity contribution in [2.24, 2.45) is 11.7 Å². The molecule has 6 heteroatoms. The molecule has 4 aliphatic rings. The average molecular weight is 359 g/mol. The molecule has 1 fully saturated rings. The van der Waals surface area contributed by atoms with Crippen LogP contribution in [0.2, 0.25) is 0 Å². The Morgan fingerprint density at radius 2 is 1.15 bits per heavy atom. The number of allylic oxidation sites excluding steroid dienone is 2. The number of hydrogen-bond donors (Lipinski definition) is 4. The van der Waals surface area contributed by atoms with Crippen molar-refractivity contribution in [2.75, 3.05) is 0 Å². The third-order valence-electron chi connectivity index (χ3n) is 6.37. The Labute approximate surface area is 157 Å². The lowest BCUT2D eigenvalue weighted by Crippen LogP contribution is -2.78. The van der Waals surface area contributed by atoms with Crippen molar-refractivity contribution in [1.29, 1.82) is 0 Å². The summed E-state index contributed by atoms with van der Waals surface area (Å²) in [4.78, 5) is 0. The predicted molar refractivity (Wildman–Crippen MR) is 105 cm³/mol. The van der Waals surface area contributed by atoms with Crippen molar-refractivity contribution < 1.29 is 0 Å². The zero-order valence-electron chi connectivity index (χ0n) is 15.6. The molecule has 6 atom stereocenters. The predicted octanol–water partition coefficient (Wildman–Crippen LogP) is 1.49. The lowest BCUT2D eigenvalue weighted by molar-refractivity contribution is -0.0336. The minimum absolute atomic E-state index is 0.00386. The van der Waals surface area contributed by atoms with Crippen LogP contribution in [-0.2, 0) is 0 Å². The summed E-state index contributed by atoms with van der Waals surface area (Å²) in [6.07, 6.45) is 22.6. The molecule has 6 nitrogen and oxygen atoms in total. The van der Waals surface area contributed by atoms with Gasteiger partial charge in [0.25, 0.3) is 0 Å². The molecule has 6 unspecified atom stereocenters. The molecule has 1 heterocycles. The van der Waals surface area contributed by atoms with Crippen molar-refractivity contribution in [3.8, 4) is 0 Å². The van der Waals surface area contributed by atoms with E-state index in [1.54, 1.807) is 0 Å². The van der Waals surface area contributed by atoms with Gasteiger partial charge in [-0.15, -0.1) is 0 Å². The summed E-state index contributed by atoms with van der Waals surface area (Å²) in [5, 5.41) is 11.7. The molecule has 0 aromatic heterocycles. The molecule has 0 radical (unpaired) electrons. The van der Waals surface area contributed by atoms with Crippen LogP contribution in [0, 0.1) is 0 Å². The largest absolute Gasteiger partial charge is 0.294 e. The molecule has 1 saturated heterocycles. The van der Waals surface area contributed by atoms with E-state index in [2.05, 4.69) is 47.1 Å². The van der Waals surface area contributed by atoms with Gasteiger partial charge >= 0.3 is 0 Å².